The number of aromatic nitrogens is 3. The first-order valence-electron chi connectivity index (χ1n) is 7.92. The molecule has 0 saturated heterocycles. The molecule has 0 fully saturated rings. The Morgan fingerprint density at radius 2 is 2.08 bits per heavy atom. The van der Waals surface area contributed by atoms with Crippen molar-refractivity contribution in [1.82, 2.24) is 20.3 Å². The topological polar surface area (TPSA) is 95.1 Å². The van der Waals surface area contributed by atoms with E-state index in [2.05, 4.69) is 15.6 Å². The smallest absolute Gasteiger partial charge is 0.275 e. The van der Waals surface area contributed by atoms with E-state index in [0.29, 0.717) is 23.9 Å². The molecule has 0 aliphatic rings. The van der Waals surface area contributed by atoms with Crippen LogP contribution in [0.4, 0.5) is 5.82 Å². The Labute approximate surface area is 155 Å². The predicted molar refractivity (Wildman–Crippen MR) is 99.2 cm³/mol. The molecule has 1 heterocycles. The van der Waals surface area contributed by atoms with Crippen LogP contribution in [0, 0.1) is 0 Å². The highest BCUT2D eigenvalue weighted by atomic mass is 35.5. The number of ether oxygens (including phenoxy) is 1. The summed E-state index contributed by atoms with van der Waals surface area (Å²) in [6.07, 6.45) is 0. The third-order valence-corrected chi connectivity index (χ3v) is 4.08. The van der Waals surface area contributed by atoms with Gasteiger partial charge in [0.2, 0.25) is 0 Å². The number of hydrogen-bond donors (Lipinski definition) is 2. The second-order valence-electron chi connectivity index (χ2n) is 5.61. The molecule has 0 aliphatic carbocycles. The zero-order chi connectivity index (χ0) is 18.5. The standard InChI is InChI=1S/C18H18ClN5O2/c1-26-15-8-3-2-6-13(15)10-21-18(25)16-17(20)24(23-22-16)11-12-5-4-7-14(19)9-12/h2-9H,10-11,20H2,1H3,(H,21,25). The summed E-state index contributed by atoms with van der Waals surface area (Å²) >= 11 is 5.98. The summed E-state index contributed by atoms with van der Waals surface area (Å²) in [5.41, 5.74) is 7.89. The first-order valence-corrected chi connectivity index (χ1v) is 8.29. The normalized spacial score (nSPS) is 10.5. The number of amides is 1. The van der Waals surface area contributed by atoms with E-state index in [4.69, 9.17) is 22.1 Å². The van der Waals surface area contributed by atoms with Crippen LogP contribution in [0.5, 0.6) is 5.75 Å². The van der Waals surface area contributed by atoms with Gasteiger partial charge in [0.25, 0.3) is 5.91 Å². The summed E-state index contributed by atoms with van der Waals surface area (Å²) in [6, 6.07) is 14.8. The number of benzene rings is 2. The zero-order valence-electron chi connectivity index (χ0n) is 14.1. The molecule has 3 rings (SSSR count). The van der Waals surface area contributed by atoms with Gasteiger partial charge in [0.15, 0.2) is 11.5 Å². The first-order chi connectivity index (χ1) is 12.6. The van der Waals surface area contributed by atoms with E-state index in [0.717, 1.165) is 11.1 Å². The van der Waals surface area contributed by atoms with Gasteiger partial charge in [-0.3, -0.25) is 4.79 Å². The maximum Gasteiger partial charge on any atom is 0.275 e. The Hall–Kier alpha value is -3.06. The highest BCUT2D eigenvalue weighted by Gasteiger charge is 2.18. The monoisotopic (exact) mass is 371 g/mol. The van der Waals surface area contributed by atoms with Gasteiger partial charge in [-0.1, -0.05) is 47.1 Å². The van der Waals surface area contributed by atoms with Crippen molar-refractivity contribution in [1.29, 1.82) is 0 Å². The molecule has 134 valence electrons. The Balaban J connectivity index is 1.69. The Bertz CT molecular complexity index is 925. The minimum atomic E-state index is -0.397. The van der Waals surface area contributed by atoms with Crippen LogP contribution in [0.25, 0.3) is 0 Å². The second-order valence-corrected chi connectivity index (χ2v) is 6.04. The van der Waals surface area contributed by atoms with Gasteiger partial charge < -0.3 is 15.8 Å². The minimum Gasteiger partial charge on any atom is -0.496 e. The molecule has 0 radical (unpaired) electrons. The number of nitrogens with zero attached hydrogens (tertiary/aromatic N) is 3. The van der Waals surface area contributed by atoms with Gasteiger partial charge in [0.05, 0.1) is 13.7 Å². The van der Waals surface area contributed by atoms with Crippen molar-refractivity contribution in [3.05, 3.63) is 70.4 Å². The number of halogens is 1. The highest BCUT2D eigenvalue weighted by Crippen LogP contribution is 2.18. The quantitative estimate of drug-likeness (QED) is 0.694. The molecular formula is C18H18ClN5O2. The maximum absolute atomic E-state index is 12.4. The van der Waals surface area contributed by atoms with Crippen molar-refractivity contribution < 1.29 is 9.53 Å². The van der Waals surface area contributed by atoms with Crippen molar-refractivity contribution in [2.75, 3.05) is 12.8 Å². The van der Waals surface area contributed by atoms with Crippen LogP contribution in [-0.4, -0.2) is 28.0 Å². The number of hydrogen-bond acceptors (Lipinski definition) is 5. The van der Waals surface area contributed by atoms with E-state index >= 15 is 0 Å². The SMILES string of the molecule is COc1ccccc1CNC(=O)c1nnn(Cc2cccc(Cl)c2)c1N. The third-order valence-electron chi connectivity index (χ3n) is 3.84. The molecule has 0 atom stereocenters. The number of methoxy groups -OCH3 is 1. The molecule has 0 aliphatic heterocycles. The van der Waals surface area contributed by atoms with Gasteiger partial charge in [-0.05, 0) is 23.8 Å². The summed E-state index contributed by atoms with van der Waals surface area (Å²) in [7, 11) is 1.58. The van der Waals surface area contributed by atoms with E-state index in [1.165, 1.54) is 4.68 Å². The molecule has 0 spiro atoms. The summed E-state index contributed by atoms with van der Waals surface area (Å²) in [5, 5.41) is 11.3. The van der Waals surface area contributed by atoms with Crippen LogP contribution >= 0.6 is 11.6 Å². The van der Waals surface area contributed by atoms with Crippen LogP contribution in [0.1, 0.15) is 21.6 Å². The Morgan fingerprint density at radius 1 is 1.27 bits per heavy atom. The summed E-state index contributed by atoms with van der Waals surface area (Å²) in [6.45, 7) is 0.669. The fraction of sp³-hybridized carbons (Fsp3) is 0.167. The van der Waals surface area contributed by atoms with E-state index in [9.17, 15) is 4.79 Å². The fourth-order valence-electron chi connectivity index (χ4n) is 2.52. The number of nitrogens with one attached hydrogen (secondary N) is 1. The summed E-state index contributed by atoms with van der Waals surface area (Å²) < 4.78 is 6.73. The van der Waals surface area contributed by atoms with Crippen molar-refractivity contribution in [2.45, 2.75) is 13.1 Å². The number of nitrogen functional groups attached to an aromatic ring is 1. The molecule has 0 bridgehead atoms. The minimum absolute atomic E-state index is 0.0851. The van der Waals surface area contributed by atoms with Crippen LogP contribution < -0.4 is 15.8 Å². The van der Waals surface area contributed by atoms with Gasteiger partial charge in [-0.25, -0.2) is 4.68 Å². The molecule has 1 aromatic heterocycles. The summed E-state index contributed by atoms with van der Waals surface area (Å²) in [4.78, 5) is 12.4. The average Bonchev–Trinajstić information content (AvgIpc) is 3.00. The molecular weight excluding hydrogens is 354 g/mol. The number of anilines is 1. The van der Waals surface area contributed by atoms with Crippen molar-refractivity contribution in [3.63, 3.8) is 0 Å². The van der Waals surface area contributed by atoms with Gasteiger partial charge in [-0.15, -0.1) is 5.10 Å². The molecule has 3 aromatic rings. The molecule has 1 amide bonds. The molecule has 0 unspecified atom stereocenters. The lowest BCUT2D eigenvalue weighted by Crippen LogP contribution is -2.24. The second kappa shape index (κ2) is 7.88. The molecule has 3 N–H and O–H groups in total. The Morgan fingerprint density at radius 3 is 2.85 bits per heavy atom. The highest BCUT2D eigenvalue weighted by molar-refractivity contribution is 6.30. The fourth-order valence-corrected chi connectivity index (χ4v) is 2.73. The molecule has 0 saturated carbocycles. The predicted octanol–water partition coefficient (Wildman–Crippen LogP) is 2.50. The number of carbonyl (C=O) groups excluding carboxylic acids is 1. The van der Waals surface area contributed by atoms with E-state index in [-0.39, 0.29) is 11.5 Å². The first kappa shape index (κ1) is 17.8. The van der Waals surface area contributed by atoms with E-state index in [1.807, 2.05) is 42.5 Å². The zero-order valence-corrected chi connectivity index (χ0v) is 14.9. The number of rotatable bonds is 6. The number of nitrogens with two attached hydrogens (primary N) is 1. The van der Waals surface area contributed by atoms with Crippen LogP contribution in [0.2, 0.25) is 5.02 Å². The molecule has 26 heavy (non-hydrogen) atoms. The van der Waals surface area contributed by atoms with Crippen LogP contribution in [-0.2, 0) is 13.1 Å². The maximum atomic E-state index is 12.4. The van der Waals surface area contributed by atoms with Crippen LogP contribution in [0.3, 0.4) is 0 Å². The van der Waals surface area contributed by atoms with Crippen molar-refractivity contribution in [3.8, 4) is 5.75 Å². The lowest BCUT2D eigenvalue weighted by Gasteiger charge is -2.09. The number of para-hydroxylation sites is 1. The van der Waals surface area contributed by atoms with Crippen molar-refractivity contribution in [2.24, 2.45) is 0 Å². The molecule has 2 aromatic carbocycles. The largest absolute Gasteiger partial charge is 0.496 e. The van der Waals surface area contributed by atoms with Gasteiger partial charge in [-0.2, -0.15) is 0 Å². The lowest BCUT2D eigenvalue weighted by molar-refractivity contribution is 0.0946. The average molecular weight is 372 g/mol. The van der Waals surface area contributed by atoms with Crippen molar-refractivity contribution >= 4 is 23.3 Å². The summed E-state index contributed by atoms with van der Waals surface area (Å²) in [5.74, 6) is 0.499. The van der Waals surface area contributed by atoms with Gasteiger partial charge in [0.1, 0.15) is 5.75 Å². The van der Waals surface area contributed by atoms with E-state index in [1.54, 1.807) is 13.2 Å². The van der Waals surface area contributed by atoms with Crippen LogP contribution in [0.15, 0.2) is 48.5 Å². The lowest BCUT2D eigenvalue weighted by atomic mass is 10.2. The van der Waals surface area contributed by atoms with Gasteiger partial charge in [0, 0.05) is 17.1 Å². The van der Waals surface area contributed by atoms with E-state index < -0.39 is 5.91 Å². The van der Waals surface area contributed by atoms with Gasteiger partial charge >= 0.3 is 0 Å². The third kappa shape index (κ3) is 3.94. The Kier molecular flexibility index (Phi) is 5.38. The number of carbonyl (C=O) groups is 1. The molecule has 8 heteroatoms. The molecule has 7 nitrogen and oxygen atoms in total.